The number of carbonyl (C=O) groups is 2. The largest absolute Gasteiger partial charge is 0.484 e. The first-order chi connectivity index (χ1) is 12.5. The van der Waals surface area contributed by atoms with Crippen molar-refractivity contribution < 1.29 is 19.1 Å². The van der Waals surface area contributed by atoms with Gasteiger partial charge in [-0.2, -0.15) is 0 Å². The molecule has 1 aliphatic carbocycles. The average molecular weight is 438 g/mol. The van der Waals surface area contributed by atoms with E-state index in [0.29, 0.717) is 22.2 Å². The highest BCUT2D eigenvalue weighted by Gasteiger charge is 2.28. The minimum absolute atomic E-state index is 0.129. The summed E-state index contributed by atoms with van der Waals surface area (Å²) in [6.07, 6.45) is 2.80. The molecule has 138 valence electrons. The van der Waals surface area contributed by atoms with Gasteiger partial charge in [-0.05, 0) is 48.9 Å². The normalized spacial score (nSPS) is 15.9. The molecule has 0 spiro atoms. The quantitative estimate of drug-likeness (QED) is 0.702. The van der Waals surface area contributed by atoms with Crippen molar-refractivity contribution >= 4 is 44.1 Å². The molecule has 0 saturated heterocycles. The second-order valence-corrected chi connectivity index (χ2v) is 8.36. The molecular formula is C19H20BrNO4S. The summed E-state index contributed by atoms with van der Waals surface area (Å²) in [4.78, 5) is 25.7. The van der Waals surface area contributed by atoms with Crippen LogP contribution >= 0.6 is 27.3 Å². The van der Waals surface area contributed by atoms with E-state index in [9.17, 15) is 9.59 Å². The lowest BCUT2D eigenvalue weighted by molar-refractivity contribution is -0.118. The van der Waals surface area contributed by atoms with E-state index in [1.165, 1.54) is 18.4 Å². The highest BCUT2D eigenvalue weighted by atomic mass is 79.9. The van der Waals surface area contributed by atoms with Crippen LogP contribution in [0.5, 0.6) is 5.75 Å². The Labute approximate surface area is 164 Å². The summed E-state index contributed by atoms with van der Waals surface area (Å²) >= 11 is 4.83. The highest BCUT2D eigenvalue weighted by molar-refractivity contribution is 9.10. The molecule has 1 atom stereocenters. The zero-order chi connectivity index (χ0) is 18.7. The predicted molar refractivity (Wildman–Crippen MR) is 105 cm³/mol. The van der Waals surface area contributed by atoms with Crippen LogP contribution in [0.1, 0.15) is 34.1 Å². The molecule has 0 unspecified atom stereocenters. The molecule has 1 amide bonds. The van der Waals surface area contributed by atoms with Crippen molar-refractivity contribution in [3.8, 4) is 5.75 Å². The van der Waals surface area contributed by atoms with Gasteiger partial charge in [-0.1, -0.05) is 28.9 Å². The smallest absolute Gasteiger partial charge is 0.341 e. The zero-order valence-electron chi connectivity index (χ0n) is 14.6. The monoisotopic (exact) mass is 437 g/mol. The molecule has 0 fully saturated rings. The molecule has 3 rings (SSSR count). The maximum Gasteiger partial charge on any atom is 0.341 e. The van der Waals surface area contributed by atoms with Gasteiger partial charge >= 0.3 is 5.97 Å². The summed E-state index contributed by atoms with van der Waals surface area (Å²) in [5, 5.41) is 3.38. The predicted octanol–water partition coefficient (Wildman–Crippen LogP) is 4.44. The lowest BCUT2D eigenvalue weighted by atomic mass is 9.88. The third kappa shape index (κ3) is 4.27. The fourth-order valence-corrected chi connectivity index (χ4v) is 4.82. The number of ether oxygens (including phenoxy) is 2. The Morgan fingerprint density at radius 2 is 2.19 bits per heavy atom. The van der Waals surface area contributed by atoms with Gasteiger partial charge in [0.15, 0.2) is 6.61 Å². The van der Waals surface area contributed by atoms with Crippen LogP contribution in [-0.2, 0) is 22.4 Å². The van der Waals surface area contributed by atoms with Crippen LogP contribution in [0.3, 0.4) is 0 Å². The van der Waals surface area contributed by atoms with Crippen LogP contribution in [0.4, 0.5) is 5.00 Å². The number of benzene rings is 1. The Hall–Kier alpha value is -1.86. The van der Waals surface area contributed by atoms with Gasteiger partial charge < -0.3 is 14.8 Å². The van der Waals surface area contributed by atoms with Gasteiger partial charge in [0.05, 0.1) is 12.7 Å². The van der Waals surface area contributed by atoms with Crippen molar-refractivity contribution in [3.05, 3.63) is 44.7 Å². The number of nitrogens with one attached hydrogen (secondary N) is 1. The Kier molecular flexibility index (Phi) is 5.98. The number of methoxy groups -OCH3 is 1. The number of carbonyl (C=O) groups excluding carboxylic acids is 2. The van der Waals surface area contributed by atoms with E-state index >= 15 is 0 Å². The summed E-state index contributed by atoms with van der Waals surface area (Å²) in [5.41, 5.74) is 1.51. The highest BCUT2D eigenvalue weighted by Crippen LogP contribution is 2.40. The second kappa shape index (κ2) is 8.22. The number of esters is 1. The molecule has 26 heavy (non-hydrogen) atoms. The summed E-state index contributed by atoms with van der Waals surface area (Å²) in [7, 11) is 1.36. The standard InChI is InChI=1S/C19H20BrNO4S/c1-11-6-7-14-15(8-11)26-18(17(14)19(23)24-2)21-16(22)10-25-13-5-3-4-12(20)9-13/h3-5,9,11H,6-8,10H2,1-2H3,(H,21,22)/t11-/m0/s1. The summed E-state index contributed by atoms with van der Waals surface area (Å²) in [6, 6.07) is 7.29. The fraction of sp³-hybridized carbons (Fsp3) is 0.368. The van der Waals surface area contributed by atoms with Crippen LogP contribution in [0.2, 0.25) is 0 Å². The van der Waals surface area contributed by atoms with Crippen LogP contribution in [0, 0.1) is 5.92 Å². The van der Waals surface area contributed by atoms with Gasteiger partial charge in [0.1, 0.15) is 10.8 Å². The number of hydrogen-bond donors (Lipinski definition) is 1. The minimum Gasteiger partial charge on any atom is -0.484 e. The Morgan fingerprint density at radius 3 is 2.92 bits per heavy atom. The third-order valence-corrected chi connectivity index (χ3v) is 5.98. The maximum absolute atomic E-state index is 12.3. The minimum atomic E-state index is -0.403. The van der Waals surface area contributed by atoms with E-state index in [0.717, 1.165) is 34.2 Å². The molecule has 7 heteroatoms. The topological polar surface area (TPSA) is 64.6 Å². The number of hydrogen-bond acceptors (Lipinski definition) is 5. The van der Waals surface area contributed by atoms with Crippen molar-refractivity contribution in [2.45, 2.75) is 26.2 Å². The van der Waals surface area contributed by atoms with E-state index in [1.807, 2.05) is 12.1 Å². The molecule has 1 aliphatic rings. The fourth-order valence-electron chi connectivity index (χ4n) is 3.03. The zero-order valence-corrected chi connectivity index (χ0v) is 17.0. The average Bonchev–Trinajstić information content (AvgIpc) is 2.96. The Morgan fingerprint density at radius 1 is 1.38 bits per heavy atom. The van der Waals surface area contributed by atoms with Crippen LogP contribution in [0.25, 0.3) is 0 Å². The molecular weight excluding hydrogens is 418 g/mol. The maximum atomic E-state index is 12.3. The van der Waals surface area contributed by atoms with E-state index < -0.39 is 5.97 Å². The molecule has 1 N–H and O–H groups in total. The van der Waals surface area contributed by atoms with Gasteiger partial charge in [0.25, 0.3) is 5.91 Å². The Bertz CT molecular complexity index is 833. The molecule has 1 heterocycles. The molecule has 1 aromatic carbocycles. The first-order valence-electron chi connectivity index (χ1n) is 8.39. The number of rotatable bonds is 5. The Balaban J connectivity index is 1.74. The lowest BCUT2D eigenvalue weighted by Gasteiger charge is -2.18. The van der Waals surface area contributed by atoms with E-state index in [2.05, 4.69) is 28.2 Å². The van der Waals surface area contributed by atoms with E-state index in [4.69, 9.17) is 9.47 Å². The van der Waals surface area contributed by atoms with Gasteiger partial charge in [-0.15, -0.1) is 11.3 Å². The first kappa shape index (κ1) is 18.9. The van der Waals surface area contributed by atoms with Gasteiger partial charge in [0.2, 0.25) is 0 Å². The van der Waals surface area contributed by atoms with Gasteiger partial charge in [-0.3, -0.25) is 4.79 Å². The van der Waals surface area contributed by atoms with Crippen LogP contribution < -0.4 is 10.1 Å². The van der Waals surface area contributed by atoms with Gasteiger partial charge in [0, 0.05) is 9.35 Å². The van der Waals surface area contributed by atoms with Crippen molar-refractivity contribution in [2.75, 3.05) is 19.0 Å². The van der Waals surface area contributed by atoms with Crippen LogP contribution in [0.15, 0.2) is 28.7 Å². The van der Waals surface area contributed by atoms with Gasteiger partial charge in [-0.25, -0.2) is 4.79 Å². The number of amides is 1. The lowest BCUT2D eigenvalue weighted by Crippen LogP contribution is -2.21. The van der Waals surface area contributed by atoms with Crippen molar-refractivity contribution in [1.82, 2.24) is 0 Å². The van der Waals surface area contributed by atoms with E-state index in [-0.39, 0.29) is 12.5 Å². The first-order valence-corrected chi connectivity index (χ1v) is 10.00. The molecule has 0 bridgehead atoms. The number of fused-ring (bicyclic) bond motifs is 1. The van der Waals surface area contributed by atoms with Crippen molar-refractivity contribution in [1.29, 1.82) is 0 Å². The summed E-state index contributed by atoms with van der Waals surface area (Å²) in [5.74, 6) is 0.471. The van der Waals surface area contributed by atoms with Crippen molar-refractivity contribution in [3.63, 3.8) is 0 Å². The molecule has 1 aromatic heterocycles. The summed E-state index contributed by atoms with van der Waals surface area (Å²) in [6.45, 7) is 2.07. The number of thiophene rings is 1. The SMILES string of the molecule is COC(=O)c1c(NC(=O)COc2cccc(Br)c2)sc2c1CC[C@H](C)C2. The second-order valence-electron chi connectivity index (χ2n) is 6.34. The van der Waals surface area contributed by atoms with E-state index in [1.54, 1.807) is 12.1 Å². The summed E-state index contributed by atoms with van der Waals surface area (Å²) < 4.78 is 11.3. The molecule has 0 radical (unpaired) electrons. The van der Waals surface area contributed by atoms with Crippen molar-refractivity contribution in [2.24, 2.45) is 5.92 Å². The number of anilines is 1. The van der Waals surface area contributed by atoms with Crippen LogP contribution in [-0.4, -0.2) is 25.6 Å². The molecule has 0 aliphatic heterocycles. The number of halogens is 1. The molecule has 5 nitrogen and oxygen atoms in total. The molecule has 2 aromatic rings. The third-order valence-electron chi connectivity index (χ3n) is 4.32. The molecule has 0 saturated carbocycles.